The van der Waals surface area contributed by atoms with Crippen molar-refractivity contribution in [1.82, 2.24) is 0 Å². The van der Waals surface area contributed by atoms with E-state index in [1.165, 1.54) is 10.6 Å². The van der Waals surface area contributed by atoms with Gasteiger partial charge in [-0.1, -0.05) is 6.07 Å². The Balaban J connectivity index is 3.18. The van der Waals surface area contributed by atoms with E-state index in [1.54, 1.807) is 25.4 Å². The van der Waals surface area contributed by atoms with Gasteiger partial charge in [-0.3, -0.25) is 4.57 Å². The van der Waals surface area contributed by atoms with Crippen molar-refractivity contribution in [2.24, 2.45) is 7.05 Å². The molecule has 7 nitrogen and oxygen atoms in total. The Bertz CT molecular complexity index is 489. The van der Waals surface area contributed by atoms with Gasteiger partial charge in [0.15, 0.2) is 23.0 Å². The Morgan fingerprint density at radius 2 is 2.06 bits per heavy atom. The molecule has 0 aliphatic carbocycles. The van der Waals surface area contributed by atoms with E-state index in [9.17, 15) is 13.9 Å². The average molecular weight is 282 g/mol. The molecule has 1 rings (SSSR count). The molecule has 9 heteroatoms. The molecule has 0 radical (unpaired) electrons. The van der Waals surface area contributed by atoms with Crippen LogP contribution in [0.25, 0.3) is 0 Å². The molecule has 96 valence electrons. The minimum Gasteiger partial charge on any atom is -0.365 e. The van der Waals surface area contributed by atoms with Crippen molar-refractivity contribution < 1.29 is 32.8 Å². The van der Waals surface area contributed by atoms with Gasteiger partial charge in [0.1, 0.15) is 7.05 Å². The topological polar surface area (TPSA) is 119 Å². The number of nitrogens with zero attached hydrogens (tertiary/aromatic N) is 1. The van der Waals surface area contributed by atoms with E-state index >= 15 is 0 Å². The molecule has 0 amide bonds. The maximum Gasteiger partial charge on any atom is 0.373 e. The number of aliphatic hydroxyl groups is 1. The van der Waals surface area contributed by atoms with Gasteiger partial charge >= 0.3 is 7.60 Å². The zero-order valence-electron chi connectivity index (χ0n) is 8.92. The summed E-state index contributed by atoms with van der Waals surface area (Å²) >= 11 is -3.07. The first-order chi connectivity index (χ1) is 7.68. The summed E-state index contributed by atoms with van der Waals surface area (Å²) in [6, 6.07) is 4.76. The lowest BCUT2D eigenvalue weighted by molar-refractivity contribution is -0.679. The second-order valence-electron chi connectivity index (χ2n) is 3.52. The quantitative estimate of drug-likeness (QED) is 0.323. The van der Waals surface area contributed by atoms with Gasteiger partial charge in [0.2, 0.25) is 0 Å². The van der Waals surface area contributed by atoms with Gasteiger partial charge in [0.05, 0.1) is 6.42 Å². The van der Waals surface area contributed by atoms with Crippen LogP contribution in [0.4, 0.5) is 0 Å². The Kier molecular flexibility index (Phi) is 4.19. The minimum absolute atomic E-state index is 0.320. The molecule has 0 aromatic carbocycles. The first-order valence-electron chi connectivity index (χ1n) is 4.51. The fraction of sp³-hybridized carbons (Fsp3) is 0.375. The van der Waals surface area contributed by atoms with Crippen LogP contribution in [0.3, 0.4) is 0 Å². The third-order valence-electron chi connectivity index (χ3n) is 2.31. The molecule has 0 aliphatic rings. The van der Waals surface area contributed by atoms with Crippen molar-refractivity contribution >= 4 is 18.7 Å². The second-order valence-corrected chi connectivity index (χ2v) is 6.82. The molecule has 0 fully saturated rings. The molecule has 4 N–H and O–H groups in total. The first kappa shape index (κ1) is 14.4. The maximum atomic E-state index is 11.1. The third kappa shape index (κ3) is 2.98. The highest BCUT2D eigenvalue weighted by Gasteiger charge is 2.53. The molecule has 1 aromatic rings. The predicted octanol–water partition coefficient (Wildman–Crippen LogP) is -0.901. The summed E-state index contributed by atoms with van der Waals surface area (Å²) in [5.41, 5.74) is 0.320. The van der Waals surface area contributed by atoms with Crippen molar-refractivity contribution in [3.8, 4) is 0 Å². The van der Waals surface area contributed by atoms with Gasteiger partial charge < -0.3 is 19.4 Å². The zero-order valence-corrected chi connectivity index (χ0v) is 10.6. The molecule has 0 spiro atoms. The molecular formula is C8H13NO6PS+. The third-order valence-corrected chi connectivity index (χ3v) is 5.26. The van der Waals surface area contributed by atoms with Crippen LogP contribution < -0.4 is 4.57 Å². The van der Waals surface area contributed by atoms with Crippen LogP contribution in [0, 0.1) is 0 Å². The van der Waals surface area contributed by atoms with Gasteiger partial charge in [-0.15, -0.1) is 0 Å². The van der Waals surface area contributed by atoms with E-state index in [0.29, 0.717) is 5.69 Å². The maximum absolute atomic E-state index is 11.1. The highest BCUT2D eigenvalue weighted by atomic mass is 32.2. The number of hydrogen-bond acceptors (Lipinski definition) is 3. The van der Waals surface area contributed by atoms with Crippen LogP contribution in [0.5, 0.6) is 0 Å². The summed E-state index contributed by atoms with van der Waals surface area (Å²) in [6.45, 7) is 0. The smallest absolute Gasteiger partial charge is 0.365 e. The van der Waals surface area contributed by atoms with Gasteiger partial charge in [0.25, 0.3) is 4.67 Å². The number of hydrogen-bond donors (Lipinski definition) is 4. The van der Waals surface area contributed by atoms with Crippen LogP contribution in [0.1, 0.15) is 5.69 Å². The lowest BCUT2D eigenvalue weighted by Crippen LogP contribution is -2.42. The number of rotatable bonds is 4. The lowest BCUT2D eigenvalue weighted by atomic mass is 10.2. The monoisotopic (exact) mass is 282 g/mol. The van der Waals surface area contributed by atoms with Crippen LogP contribution in [0.15, 0.2) is 24.4 Å². The number of aryl methyl sites for hydroxylation is 1. The predicted molar refractivity (Wildman–Crippen MR) is 59.1 cm³/mol. The van der Waals surface area contributed by atoms with Gasteiger partial charge in [-0.25, -0.2) is 8.78 Å². The van der Waals surface area contributed by atoms with Gasteiger partial charge in [-0.05, 0) is 0 Å². The van der Waals surface area contributed by atoms with E-state index < -0.39 is 29.8 Å². The minimum atomic E-state index is -5.14. The molecule has 2 atom stereocenters. The van der Waals surface area contributed by atoms with Crippen LogP contribution >= 0.6 is 7.60 Å². The summed E-state index contributed by atoms with van der Waals surface area (Å²) in [7, 11) is -3.54. The highest BCUT2D eigenvalue weighted by Crippen LogP contribution is 2.51. The Morgan fingerprint density at radius 3 is 2.47 bits per heavy atom. The van der Waals surface area contributed by atoms with E-state index in [2.05, 4.69) is 0 Å². The van der Waals surface area contributed by atoms with Crippen molar-refractivity contribution in [3.63, 3.8) is 0 Å². The van der Waals surface area contributed by atoms with Crippen LogP contribution in [-0.2, 0) is 29.1 Å². The second kappa shape index (κ2) is 4.93. The number of pyridine rings is 1. The summed E-state index contributed by atoms with van der Waals surface area (Å²) in [5, 5.41) is 9.68. The zero-order chi connectivity index (χ0) is 13.3. The molecule has 2 unspecified atom stereocenters. The summed E-state index contributed by atoms with van der Waals surface area (Å²) in [6.07, 6.45) is 0.966. The van der Waals surface area contributed by atoms with Crippen molar-refractivity contribution in [3.05, 3.63) is 30.1 Å². The molecule has 0 aliphatic heterocycles. The molecule has 0 saturated heterocycles. The van der Waals surface area contributed by atoms with E-state index in [0.717, 1.165) is 0 Å². The summed E-state index contributed by atoms with van der Waals surface area (Å²) in [5.74, 6) is 0. The normalized spacial score (nSPS) is 17.5. The number of aromatic nitrogens is 1. The SMILES string of the molecule is C[n+]1ccccc1CC(O)(S(=O)O)P(=O)(O)O. The van der Waals surface area contributed by atoms with E-state index in [4.69, 9.17) is 14.3 Å². The first-order valence-corrected chi connectivity index (χ1v) is 7.23. The Hall–Kier alpha value is -0.630. The Morgan fingerprint density at radius 1 is 1.47 bits per heavy atom. The average Bonchev–Trinajstić information content (AvgIpc) is 2.19. The van der Waals surface area contributed by atoms with Crippen molar-refractivity contribution in [1.29, 1.82) is 0 Å². The van der Waals surface area contributed by atoms with Gasteiger partial charge in [-0.2, -0.15) is 0 Å². The standard InChI is InChI=1S/C8H12NO6PS/c1-9-5-3-2-4-7(9)6-8(10,17(14)15)16(11,12)13/h2-5,10H,6H2,1H3,(H2-,11,12,13,14,15)/p+1. The molecule has 0 bridgehead atoms. The van der Waals surface area contributed by atoms with Crippen molar-refractivity contribution in [2.45, 2.75) is 11.1 Å². The highest BCUT2D eigenvalue weighted by molar-refractivity contribution is 7.89. The van der Waals surface area contributed by atoms with Crippen molar-refractivity contribution in [2.75, 3.05) is 0 Å². The molecule has 1 heterocycles. The molecule has 1 aromatic heterocycles. The molecular weight excluding hydrogens is 269 g/mol. The summed E-state index contributed by atoms with van der Waals surface area (Å²) in [4.78, 5) is 17.9. The molecule has 17 heavy (non-hydrogen) atoms. The van der Waals surface area contributed by atoms with E-state index in [-0.39, 0.29) is 0 Å². The van der Waals surface area contributed by atoms with Crippen LogP contribution in [-0.4, -0.2) is 28.3 Å². The van der Waals surface area contributed by atoms with E-state index in [1.807, 2.05) is 0 Å². The lowest BCUT2D eigenvalue weighted by Gasteiger charge is -2.23. The fourth-order valence-electron chi connectivity index (χ4n) is 1.24. The summed E-state index contributed by atoms with van der Waals surface area (Å²) < 4.78 is 29.4. The van der Waals surface area contributed by atoms with Gasteiger partial charge in [0, 0.05) is 12.1 Å². The van der Waals surface area contributed by atoms with Crippen LogP contribution in [0.2, 0.25) is 0 Å². The molecule has 0 saturated carbocycles. The Labute approximate surface area is 100 Å². The fourth-order valence-corrected chi connectivity index (χ4v) is 2.70. The largest absolute Gasteiger partial charge is 0.373 e.